The fraction of sp³-hybridized carbons (Fsp3) is 0.300. The minimum atomic E-state index is -1.11. The standard InChI is InChI=1S/C10H12O4S/c1-14-7-15(13)6-8-3-2-4-9(5-8)10(11)12/h2-5H,6-7H2,1H3,(H,11,12). The molecule has 0 heterocycles. The van der Waals surface area contributed by atoms with Crippen molar-refractivity contribution in [1.82, 2.24) is 0 Å². The van der Waals surface area contributed by atoms with Gasteiger partial charge in [-0.25, -0.2) is 4.79 Å². The van der Waals surface area contributed by atoms with Gasteiger partial charge in [-0.15, -0.1) is 0 Å². The van der Waals surface area contributed by atoms with Gasteiger partial charge in [0.05, 0.1) is 22.1 Å². The van der Waals surface area contributed by atoms with Crippen molar-refractivity contribution in [2.24, 2.45) is 0 Å². The molecule has 0 aliphatic carbocycles. The van der Waals surface area contributed by atoms with Crippen LogP contribution in [0.1, 0.15) is 15.9 Å². The van der Waals surface area contributed by atoms with Crippen LogP contribution in [0.25, 0.3) is 0 Å². The summed E-state index contributed by atoms with van der Waals surface area (Å²) in [7, 11) is 0.370. The van der Waals surface area contributed by atoms with E-state index in [0.29, 0.717) is 5.75 Å². The summed E-state index contributed by atoms with van der Waals surface area (Å²) in [4.78, 5) is 10.7. The van der Waals surface area contributed by atoms with Crippen molar-refractivity contribution in [2.45, 2.75) is 5.75 Å². The van der Waals surface area contributed by atoms with Gasteiger partial charge >= 0.3 is 5.97 Å². The van der Waals surface area contributed by atoms with Crippen molar-refractivity contribution < 1.29 is 18.8 Å². The molecule has 1 N–H and O–H groups in total. The Bertz CT molecular complexity index is 375. The van der Waals surface area contributed by atoms with E-state index in [0.717, 1.165) is 5.56 Å². The Labute approximate surface area is 90.3 Å². The van der Waals surface area contributed by atoms with E-state index in [2.05, 4.69) is 0 Å². The summed E-state index contributed by atoms with van der Waals surface area (Å²) in [5, 5.41) is 8.75. The van der Waals surface area contributed by atoms with Gasteiger partial charge in [0.15, 0.2) is 0 Å². The molecule has 5 heteroatoms. The van der Waals surface area contributed by atoms with Crippen LogP contribution in [0.15, 0.2) is 24.3 Å². The first-order valence-electron chi connectivity index (χ1n) is 4.29. The van der Waals surface area contributed by atoms with E-state index in [-0.39, 0.29) is 11.5 Å². The van der Waals surface area contributed by atoms with Crippen LogP contribution in [0, 0.1) is 0 Å². The van der Waals surface area contributed by atoms with E-state index in [4.69, 9.17) is 9.84 Å². The largest absolute Gasteiger partial charge is 0.478 e. The maximum Gasteiger partial charge on any atom is 0.335 e. The Kier molecular flexibility index (Phi) is 4.45. The number of carboxylic acids is 1. The molecule has 0 aromatic heterocycles. The minimum Gasteiger partial charge on any atom is -0.478 e. The van der Waals surface area contributed by atoms with Crippen LogP contribution in [0.2, 0.25) is 0 Å². The van der Waals surface area contributed by atoms with E-state index >= 15 is 0 Å². The number of hydrogen-bond acceptors (Lipinski definition) is 3. The third-order valence-electron chi connectivity index (χ3n) is 1.75. The van der Waals surface area contributed by atoms with E-state index in [9.17, 15) is 9.00 Å². The zero-order valence-electron chi connectivity index (χ0n) is 8.30. The Morgan fingerprint density at radius 3 is 2.87 bits per heavy atom. The van der Waals surface area contributed by atoms with Gasteiger partial charge < -0.3 is 9.84 Å². The summed E-state index contributed by atoms with van der Waals surface area (Å²) in [5.74, 6) is -0.499. The molecule has 1 rings (SSSR count). The number of rotatable bonds is 5. The highest BCUT2D eigenvalue weighted by Gasteiger charge is 2.05. The quantitative estimate of drug-likeness (QED) is 0.823. The number of hydrogen-bond donors (Lipinski definition) is 1. The number of carbonyl (C=O) groups is 1. The summed E-state index contributed by atoms with van der Waals surface area (Å²) >= 11 is 0. The summed E-state index contributed by atoms with van der Waals surface area (Å²) in [6.45, 7) is 0. The van der Waals surface area contributed by atoms with Gasteiger partial charge in [-0.2, -0.15) is 0 Å². The van der Waals surface area contributed by atoms with Crippen molar-refractivity contribution in [2.75, 3.05) is 13.0 Å². The van der Waals surface area contributed by atoms with Gasteiger partial charge in [-0.1, -0.05) is 12.1 Å². The van der Waals surface area contributed by atoms with Crippen LogP contribution >= 0.6 is 0 Å². The van der Waals surface area contributed by atoms with Crippen molar-refractivity contribution >= 4 is 16.8 Å². The first kappa shape index (κ1) is 11.9. The van der Waals surface area contributed by atoms with Crippen molar-refractivity contribution in [1.29, 1.82) is 0 Å². The molecule has 0 aliphatic heterocycles. The molecule has 1 aromatic rings. The zero-order valence-corrected chi connectivity index (χ0v) is 9.12. The van der Waals surface area contributed by atoms with Gasteiger partial charge in [0.1, 0.15) is 5.94 Å². The van der Waals surface area contributed by atoms with Crippen LogP contribution in [-0.2, 0) is 21.3 Å². The molecule has 0 fully saturated rings. The van der Waals surface area contributed by atoms with Gasteiger partial charge in [0.2, 0.25) is 0 Å². The van der Waals surface area contributed by atoms with Crippen LogP contribution in [0.4, 0.5) is 0 Å². The Balaban J connectivity index is 2.73. The average Bonchev–Trinajstić information content (AvgIpc) is 2.18. The fourth-order valence-electron chi connectivity index (χ4n) is 1.15. The fourth-order valence-corrected chi connectivity index (χ4v) is 2.05. The molecule has 0 radical (unpaired) electrons. The normalized spacial score (nSPS) is 12.3. The van der Waals surface area contributed by atoms with E-state index in [1.807, 2.05) is 0 Å². The third-order valence-corrected chi connectivity index (χ3v) is 2.90. The van der Waals surface area contributed by atoms with Gasteiger partial charge in [-0.3, -0.25) is 4.21 Å². The molecule has 0 spiro atoms. The molecule has 15 heavy (non-hydrogen) atoms. The van der Waals surface area contributed by atoms with Crippen molar-refractivity contribution in [3.05, 3.63) is 35.4 Å². The van der Waals surface area contributed by atoms with Crippen molar-refractivity contribution in [3.8, 4) is 0 Å². The Morgan fingerprint density at radius 1 is 1.53 bits per heavy atom. The van der Waals surface area contributed by atoms with Crippen LogP contribution < -0.4 is 0 Å². The summed E-state index contributed by atoms with van der Waals surface area (Å²) < 4.78 is 16.1. The summed E-state index contributed by atoms with van der Waals surface area (Å²) in [6, 6.07) is 6.42. The first-order valence-corrected chi connectivity index (χ1v) is 5.78. The topological polar surface area (TPSA) is 63.6 Å². The number of aromatic carboxylic acids is 1. The maximum absolute atomic E-state index is 11.3. The monoisotopic (exact) mass is 228 g/mol. The first-order chi connectivity index (χ1) is 7.13. The van der Waals surface area contributed by atoms with E-state index in [1.165, 1.54) is 19.2 Å². The predicted molar refractivity (Wildman–Crippen MR) is 57.1 cm³/mol. The number of methoxy groups -OCH3 is 1. The molecule has 1 atom stereocenters. The number of ether oxygens (including phenoxy) is 1. The second-order valence-corrected chi connectivity index (χ2v) is 4.40. The molecular formula is C10H12O4S. The summed E-state index contributed by atoms with van der Waals surface area (Å²) in [6.07, 6.45) is 0. The van der Waals surface area contributed by atoms with E-state index < -0.39 is 16.8 Å². The highest BCUT2D eigenvalue weighted by atomic mass is 32.2. The molecule has 0 aliphatic rings. The highest BCUT2D eigenvalue weighted by molar-refractivity contribution is 7.84. The minimum absolute atomic E-state index is 0.164. The summed E-state index contributed by atoms with van der Waals surface area (Å²) in [5.41, 5.74) is 0.951. The molecule has 4 nitrogen and oxygen atoms in total. The highest BCUT2D eigenvalue weighted by Crippen LogP contribution is 2.08. The lowest BCUT2D eigenvalue weighted by molar-refractivity contribution is 0.0697. The third kappa shape index (κ3) is 3.81. The van der Waals surface area contributed by atoms with Crippen LogP contribution in [0.3, 0.4) is 0 Å². The average molecular weight is 228 g/mol. The van der Waals surface area contributed by atoms with Gasteiger partial charge in [-0.05, 0) is 17.7 Å². The molecule has 82 valence electrons. The molecule has 1 aromatic carbocycles. The van der Waals surface area contributed by atoms with Crippen LogP contribution in [-0.4, -0.2) is 28.3 Å². The van der Waals surface area contributed by atoms with Gasteiger partial charge in [0.25, 0.3) is 0 Å². The number of carboxylic acid groups (broad SMARTS) is 1. The zero-order chi connectivity index (χ0) is 11.3. The second kappa shape index (κ2) is 5.63. The Morgan fingerprint density at radius 2 is 2.27 bits per heavy atom. The molecular weight excluding hydrogens is 216 g/mol. The SMILES string of the molecule is COCS(=O)Cc1cccc(C(=O)O)c1. The maximum atomic E-state index is 11.3. The molecule has 0 bridgehead atoms. The molecule has 0 saturated carbocycles. The molecule has 1 unspecified atom stereocenters. The number of benzene rings is 1. The van der Waals surface area contributed by atoms with Crippen LogP contribution in [0.5, 0.6) is 0 Å². The smallest absolute Gasteiger partial charge is 0.335 e. The Hall–Kier alpha value is -1.20. The lowest BCUT2D eigenvalue weighted by atomic mass is 10.1. The van der Waals surface area contributed by atoms with Crippen molar-refractivity contribution in [3.63, 3.8) is 0 Å². The van der Waals surface area contributed by atoms with E-state index in [1.54, 1.807) is 12.1 Å². The molecule has 0 saturated heterocycles. The lowest BCUT2D eigenvalue weighted by Gasteiger charge is -2.02. The predicted octanol–water partition coefficient (Wildman–Crippen LogP) is 1.24. The second-order valence-electron chi connectivity index (χ2n) is 3.00. The lowest BCUT2D eigenvalue weighted by Crippen LogP contribution is -2.04. The molecule has 0 amide bonds. The van der Waals surface area contributed by atoms with Gasteiger partial charge in [0, 0.05) is 7.11 Å².